The summed E-state index contributed by atoms with van der Waals surface area (Å²) in [5.41, 5.74) is 0.140. The summed E-state index contributed by atoms with van der Waals surface area (Å²) in [5.74, 6) is -1.67. The molecule has 1 rings (SSSR count). The molecule has 1 atom stereocenters. The van der Waals surface area contributed by atoms with Crippen molar-refractivity contribution in [2.75, 3.05) is 0 Å². The highest BCUT2D eigenvalue weighted by atomic mass is 19.4. The second kappa shape index (κ2) is 4.14. The van der Waals surface area contributed by atoms with E-state index in [-0.39, 0.29) is 5.56 Å². The van der Waals surface area contributed by atoms with E-state index in [1.165, 1.54) is 24.3 Å². The molecule has 0 fully saturated rings. The van der Waals surface area contributed by atoms with E-state index in [9.17, 15) is 13.2 Å². The number of nitriles is 1. The molecule has 0 saturated heterocycles. The molecule has 0 radical (unpaired) electrons. The topological polar surface area (TPSA) is 23.8 Å². The molecule has 0 bridgehead atoms. The van der Waals surface area contributed by atoms with E-state index in [1.807, 2.05) is 0 Å². The first-order valence-corrected chi connectivity index (χ1v) is 4.04. The molecule has 1 nitrogen and oxygen atoms in total. The van der Waals surface area contributed by atoms with Crippen LogP contribution < -0.4 is 0 Å². The first kappa shape index (κ1) is 10.6. The summed E-state index contributed by atoms with van der Waals surface area (Å²) in [5, 5.41) is 8.31. The van der Waals surface area contributed by atoms with Crippen LogP contribution in [-0.4, -0.2) is 6.18 Å². The van der Waals surface area contributed by atoms with E-state index in [1.54, 1.807) is 12.1 Å². The summed E-state index contributed by atoms with van der Waals surface area (Å²) < 4.78 is 37.3. The fourth-order valence-electron chi connectivity index (χ4n) is 1.20. The lowest BCUT2D eigenvalue weighted by atomic mass is 9.96. The first-order chi connectivity index (χ1) is 6.55. The van der Waals surface area contributed by atoms with Crippen molar-refractivity contribution in [2.45, 2.75) is 18.5 Å². The van der Waals surface area contributed by atoms with Crippen molar-refractivity contribution in [3.63, 3.8) is 0 Å². The van der Waals surface area contributed by atoms with Gasteiger partial charge in [0.05, 0.1) is 18.4 Å². The number of hydrogen-bond acceptors (Lipinski definition) is 1. The highest BCUT2D eigenvalue weighted by molar-refractivity contribution is 5.22. The summed E-state index contributed by atoms with van der Waals surface area (Å²) in [6.07, 6.45) is -4.88. The molecule has 0 N–H and O–H groups in total. The summed E-state index contributed by atoms with van der Waals surface area (Å²) in [6.45, 7) is 0. The lowest BCUT2D eigenvalue weighted by Crippen LogP contribution is -2.20. The molecule has 0 aromatic heterocycles. The van der Waals surface area contributed by atoms with Crippen LogP contribution in [0.25, 0.3) is 0 Å². The van der Waals surface area contributed by atoms with Crippen LogP contribution in [0, 0.1) is 11.3 Å². The maximum atomic E-state index is 12.4. The Labute approximate surface area is 79.8 Å². The van der Waals surface area contributed by atoms with Gasteiger partial charge < -0.3 is 0 Å². The first-order valence-electron chi connectivity index (χ1n) is 4.04. The zero-order chi connectivity index (χ0) is 10.6. The predicted molar refractivity (Wildman–Crippen MR) is 45.5 cm³/mol. The lowest BCUT2D eigenvalue weighted by Gasteiger charge is -2.17. The van der Waals surface area contributed by atoms with Gasteiger partial charge >= 0.3 is 6.18 Å². The van der Waals surface area contributed by atoms with Gasteiger partial charge in [-0.25, -0.2) is 0 Å². The SMILES string of the molecule is N#CCC(c1ccccc1)C(F)(F)F. The highest BCUT2D eigenvalue weighted by Gasteiger charge is 2.40. The van der Waals surface area contributed by atoms with Crippen LogP contribution in [0.15, 0.2) is 30.3 Å². The molecule has 14 heavy (non-hydrogen) atoms. The summed E-state index contributed by atoms with van der Waals surface area (Å²) in [7, 11) is 0. The molecular weight excluding hydrogens is 191 g/mol. The number of alkyl halides is 3. The normalized spacial score (nSPS) is 13.3. The maximum absolute atomic E-state index is 12.4. The molecule has 1 aromatic rings. The molecule has 1 aromatic carbocycles. The Kier molecular flexibility index (Phi) is 3.13. The lowest BCUT2D eigenvalue weighted by molar-refractivity contribution is -0.149. The van der Waals surface area contributed by atoms with Gasteiger partial charge in [0.15, 0.2) is 0 Å². The number of hydrogen-bond donors (Lipinski definition) is 0. The summed E-state index contributed by atoms with van der Waals surface area (Å²) >= 11 is 0. The van der Waals surface area contributed by atoms with Crippen LogP contribution in [0.5, 0.6) is 0 Å². The molecule has 1 unspecified atom stereocenters. The van der Waals surface area contributed by atoms with Gasteiger partial charge in [-0.1, -0.05) is 30.3 Å². The van der Waals surface area contributed by atoms with E-state index in [0.29, 0.717) is 0 Å². The second-order valence-electron chi connectivity index (χ2n) is 2.87. The summed E-state index contributed by atoms with van der Waals surface area (Å²) in [4.78, 5) is 0. The number of benzene rings is 1. The third kappa shape index (κ3) is 2.49. The van der Waals surface area contributed by atoms with E-state index >= 15 is 0 Å². The van der Waals surface area contributed by atoms with Crippen LogP contribution in [0.3, 0.4) is 0 Å². The Hall–Kier alpha value is -1.50. The molecule has 0 aliphatic rings. The quantitative estimate of drug-likeness (QED) is 0.717. The van der Waals surface area contributed by atoms with Gasteiger partial charge in [-0.2, -0.15) is 18.4 Å². The summed E-state index contributed by atoms with van der Waals surface area (Å²) in [6, 6.07) is 9.03. The predicted octanol–water partition coefficient (Wildman–Crippen LogP) is 3.25. The van der Waals surface area contributed by atoms with E-state index < -0.39 is 18.5 Å². The van der Waals surface area contributed by atoms with E-state index in [4.69, 9.17) is 5.26 Å². The van der Waals surface area contributed by atoms with Gasteiger partial charge in [-0.3, -0.25) is 0 Å². The minimum Gasteiger partial charge on any atom is -0.198 e. The van der Waals surface area contributed by atoms with E-state index in [2.05, 4.69) is 0 Å². The average molecular weight is 199 g/mol. The molecular formula is C10H8F3N. The van der Waals surface area contributed by atoms with Gasteiger partial charge in [0, 0.05) is 0 Å². The Bertz CT molecular complexity index is 323. The Morgan fingerprint density at radius 1 is 1.21 bits per heavy atom. The Balaban J connectivity index is 2.96. The minimum absolute atomic E-state index is 0.140. The van der Waals surface area contributed by atoms with Crippen LogP contribution >= 0.6 is 0 Å². The standard InChI is InChI=1S/C10H8F3N/c11-10(12,13)9(6-7-14)8-4-2-1-3-5-8/h1-5,9H,6H2. The zero-order valence-electron chi connectivity index (χ0n) is 7.25. The van der Waals surface area contributed by atoms with Crippen molar-refractivity contribution in [2.24, 2.45) is 0 Å². The molecule has 0 aliphatic carbocycles. The second-order valence-corrected chi connectivity index (χ2v) is 2.87. The minimum atomic E-state index is -4.35. The van der Waals surface area contributed by atoms with Crippen molar-refractivity contribution >= 4 is 0 Å². The molecule has 0 saturated carbocycles. The largest absolute Gasteiger partial charge is 0.396 e. The average Bonchev–Trinajstić information content (AvgIpc) is 2.14. The van der Waals surface area contributed by atoms with E-state index in [0.717, 1.165) is 0 Å². The Morgan fingerprint density at radius 2 is 1.79 bits per heavy atom. The van der Waals surface area contributed by atoms with Gasteiger partial charge in [-0.15, -0.1) is 0 Å². The van der Waals surface area contributed by atoms with Crippen molar-refractivity contribution in [1.29, 1.82) is 5.26 Å². The van der Waals surface area contributed by atoms with Crippen LogP contribution in [-0.2, 0) is 0 Å². The van der Waals surface area contributed by atoms with Crippen molar-refractivity contribution in [3.8, 4) is 6.07 Å². The van der Waals surface area contributed by atoms with Gasteiger partial charge in [0.25, 0.3) is 0 Å². The molecule has 0 aliphatic heterocycles. The third-order valence-electron chi connectivity index (χ3n) is 1.89. The Morgan fingerprint density at radius 3 is 2.21 bits per heavy atom. The van der Waals surface area contributed by atoms with Gasteiger partial charge in [-0.05, 0) is 5.56 Å². The smallest absolute Gasteiger partial charge is 0.198 e. The number of rotatable bonds is 2. The third-order valence-corrected chi connectivity index (χ3v) is 1.89. The zero-order valence-corrected chi connectivity index (χ0v) is 7.25. The number of halogens is 3. The molecule has 74 valence electrons. The molecule has 0 heterocycles. The van der Waals surface area contributed by atoms with Crippen LogP contribution in [0.4, 0.5) is 13.2 Å². The molecule has 0 spiro atoms. The van der Waals surface area contributed by atoms with Crippen LogP contribution in [0.2, 0.25) is 0 Å². The van der Waals surface area contributed by atoms with Crippen LogP contribution in [0.1, 0.15) is 17.9 Å². The highest BCUT2D eigenvalue weighted by Crippen LogP contribution is 2.36. The van der Waals surface area contributed by atoms with Gasteiger partial charge in [0.2, 0.25) is 0 Å². The van der Waals surface area contributed by atoms with Crippen molar-refractivity contribution < 1.29 is 13.2 Å². The molecule has 4 heteroatoms. The maximum Gasteiger partial charge on any atom is 0.396 e. The van der Waals surface area contributed by atoms with Crippen molar-refractivity contribution in [3.05, 3.63) is 35.9 Å². The number of nitrogens with zero attached hydrogens (tertiary/aromatic N) is 1. The van der Waals surface area contributed by atoms with Gasteiger partial charge in [0.1, 0.15) is 0 Å². The monoisotopic (exact) mass is 199 g/mol. The fraction of sp³-hybridized carbons (Fsp3) is 0.300. The van der Waals surface area contributed by atoms with Crippen molar-refractivity contribution in [1.82, 2.24) is 0 Å². The molecule has 0 amide bonds. The fourth-order valence-corrected chi connectivity index (χ4v) is 1.20.